The summed E-state index contributed by atoms with van der Waals surface area (Å²) in [6.45, 7) is 10.4. The molecule has 0 aliphatic carbocycles. The quantitative estimate of drug-likeness (QED) is 0.265. The third-order valence-corrected chi connectivity index (χ3v) is 4.81. The standard InChI is InChI=1S/C17H27Cl3N4O5.C4H8/c1-9(2)13(22-11(4)25)14(26)21-10(3)15(27)24-7-5-6-12(23-24)16(28)29-8-17(18,19)20;1-3-4-2/h9-10,12-13,23H,5-8H2,1-4H3,(H,21,26)(H,22,25);3-4H,1-2H3/b;4-3+. The molecule has 33 heavy (non-hydrogen) atoms. The number of carbonyl (C=O) groups excluding carboxylic acids is 4. The molecule has 0 radical (unpaired) electrons. The number of nitrogens with one attached hydrogen (secondary N) is 3. The van der Waals surface area contributed by atoms with Crippen LogP contribution >= 0.6 is 34.8 Å². The number of hydrazine groups is 1. The van der Waals surface area contributed by atoms with Crippen molar-refractivity contribution in [1.82, 2.24) is 21.1 Å². The second-order valence-electron chi connectivity index (χ2n) is 7.86. The van der Waals surface area contributed by atoms with Crippen molar-refractivity contribution < 1.29 is 23.9 Å². The minimum Gasteiger partial charge on any atom is -0.460 e. The number of ether oxygens (including phenoxy) is 1. The second-order valence-corrected chi connectivity index (χ2v) is 10.4. The van der Waals surface area contributed by atoms with Gasteiger partial charge in [0, 0.05) is 13.5 Å². The molecule has 0 saturated carbocycles. The van der Waals surface area contributed by atoms with Gasteiger partial charge in [-0.1, -0.05) is 60.8 Å². The fourth-order valence-corrected chi connectivity index (χ4v) is 2.88. The highest BCUT2D eigenvalue weighted by atomic mass is 35.6. The smallest absolute Gasteiger partial charge is 0.325 e. The van der Waals surface area contributed by atoms with Crippen LogP contribution < -0.4 is 16.1 Å². The minimum absolute atomic E-state index is 0.161. The van der Waals surface area contributed by atoms with Crippen molar-refractivity contribution in [2.24, 2.45) is 5.92 Å². The van der Waals surface area contributed by atoms with E-state index in [9.17, 15) is 19.2 Å². The van der Waals surface area contributed by atoms with Crippen molar-refractivity contribution in [2.45, 2.75) is 76.3 Å². The molecule has 0 aromatic heterocycles. The van der Waals surface area contributed by atoms with Crippen molar-refractivity contribution in [3.63, 3.8) is 0 Å². The fourth-order valence-electron chi connectivity index (χ4n) is 2.72. The first-order chi connectivity index (χ1) is 15.2. The average Bonchev–Trinajstić information content (AvgIpc) is 2.74. The Morgan fingerprint density at radius 1 is 1.12 bits per heavy atom. The van der Waals surface area contributed by atoms with Gasteiger partial charge in [0.25, 0.3) is 5.91 Å². The predicted molar refractivity (Wildman–Crippen MR) is 130 cm³/mol. The highest BCUT2D eigenvalue weighted by Gasteiger charge is 2.34. The summed E-state index contributed by atoms with van der Waals surface area (Å²) in [6, 6.07) is -2.41. The van der Waals surface area contributed by atoms with Crippen LogP contribution in [-0.4, -0.2) is 63.8 Å². The number of carbonyl (C=O) groups is 4. The number of amides is 3. The molecule has 1 rings (SSSR count). The van der Waals surface area contributed by atoms with Gasteiger partial charge in [0.15, 0.2) is 0 Å². The molecule has 0 aromatic carbocycles. The zero-order valence-corrected chi connectivity index (χ0v) is 22.2. The van der Waals surface area contributed by atoms with Crippen LogP contribution in [0.5, 0.6) is 0 Å². The van der Waals surface area contributed by atoms with Gasteiger partial charge in [-0.25, -0.2) is 5.43 Å². The zero-order chi connectivity index (χ0) is 25.8. The van der Waals surface area contributed by atoms with E-state index in [0.717, 1.165) is 0 Å². The first kappa shape index (κ1) is 31.4. The maximum Gasteiger partial charge on any atom is 0.325 e. The Kier molecular flexibility index (Phi) is 14.6. The largest absolute Gasteiger partial charge is 0.460 e. The molecule has 1 aliphatic heterocycles. The number of esters is 1. The maximum atomic E-state index is 12.7. The molecule has 9 nitrogen and oxygen atoms in total. The van der Waals surface area contributed by atoms with Crippen LogP contribution in [0, 0.1) is 5.92 Å². The molecule has 3 amide bonds. The summed E-state index contributed by atoms with van der Waals surface area (Å²) in [4.78, 5) is 48.5. The number of allylic oxidation sites excluding steroid dienone is 2. The summed E-state index contributed by atoms with van der Waals surface area (Å²) in [6.07, 6.45) is 4.99. The molecule has 3 N–H and O–H groups in total. The van der Waals surface area contributed by atoms with E-state index in [2.05, 4.69) is 16.1 Å². The van der Waals surface area contributed by atoms with E-state index < -0.39 is 46.3 Å². The molecular weight excluding hydrogens is 495 g/mol. The number of rotatable bonds is 7. The molecule has 190 valence electrons. The van der Waals surface area contributed by atoms with Crippen LogP contribution in [0.4, 0.5) is 0 Å². The van der Waals surface area contributed by atoms with Gasteiger partial charge in [-0.3, -0.25) is 24.2 Å². The molecule has 1 aliphatic rings. The normalized spacial score (nSPS) is 18.1. The summed E-state index contributed by atoms with van der Waals surface area (Å²) < 4.78 is 3.23. The highest BCUT2D eigenvalue weighted by molar-refractivity contribution is 6.67. The number of halogens is 3. The van der Waals surface area contributed by atoms with Crippen molar-refractivity contribution in [1.29, 1.82) is 0 Å². The lowest BCUT2D eigenvalue weighted by Gasteiger charge is -2.34. The predicted octanol–water partition coefficient (Wildman–Crippen LogP) is 2.64. The minimum atomic E-state index is -1.72. The maximum absolute atomic E-state index is 12.7. The van der Waals surface area contributed by atoms with Gasteiger partial charge < -0.3 is 15.4 Å². The zero-order valence-electron chi connectivity index (χ0n) is 19.9. The van der Waals surface area contributed by atoms with Crippen LogP contribution in [0.15, 0.2) is 12.2 Å². The fraction of sp³-hybridized carbons (Fsp3) is 0.714. The molecule has 1 heterocycles. The van der Waals surface area contributed by atoms with Crippen molar-refractivity contribution in [2.75, 3.05) is 13.2 Å². The lowest BCUT2D eigenvalue weighted by Crippen LogP contribution is -2.61. The van der Waals surface area contributed by atoms with Crippen molar-refractivity contribution in [3.8, 4) is 0 Å². The second kappa shape index (κ2) is 15.4. The van der Waals surface area contributed by atoms with Crippen LogP contribution in [0.2, 0.25) is 0 Å². The lowest BCUT2D eigenvalue weighted by molar-refractivity contribution is -0.152. The first-order valence-corrected chi connectivity index (χ1v) is 11.8. The Balaban J connectivity index is 0.00000235. The van der Waals surface area contributed by atoms with Gasteiger partial charge in [-0.2, -0.15) is 0 Å². The molecule has 0 spiro atoms. The van der Waals surface area contributed by atoms with E-state index in [4.69, 9.17) is 39.5 Å². The third kappa shape index (κ3) is 13.1. The Labute approximate surface area is 210 Å². The molecule has 3 atom stereocenters. The number of hydrogen-bond acceptors (Lipinski definition) is 6. The van der Waals surface area contributed by atoms with Crippen LogP contribution in [0.1, 0.15) is 54.4 Å². The summed E-state index contributed by atoms with van der Waals surface area (Å²) in [5.74, 6) is -2.04. The third-order valence-electron chi connectivity index (χ3n) is 4.49. The molecule has 0 bridgehead atoms. The molecule has 1 fully saturated rings. The Hall–Kier alpha value is -1.55. The van der Waals surface area contributed by atoms with Gasteiger partial charge in [0.2, 0.25) is 15.6 Å². The van der Waals surface area contributed by atoms with Crippen LogP contribution in [0.25, 0.3) is 0 Å². The SMILES string of the molecule is C/C=C/C.CC(=O)NC(C(=O)NC(C)C(=O)N1CCCC(C(=O)OCC(Cl)(Cl)Cl)N1)C(C)C. The number of nitrogens with zero attached hydrogens (tertiary/aromatic N) is 1. The number of hydrogen-bond donors (Lipinski definition) is 3. The molecule has 12 heteroatoms. The summed E-state index contributed by atoms with van der Waals surface area (Å²) in [7, 11) is 0. The highest BCUT2D eigenvalue weighted by Crippen LogP contribution is 2.26. The topological polar surface area (TPSA) is 117 Å². The van der Waals surface area contributed by atoms with Gasteiger partial charge in [-0.05, 0) is 39.5 Å². The van der Waals surface area contributed by atoms with Gasteiger partial charge in [0.05, 0.1) is 0 Å². The summed E-state index contributed by atoms with van der Waals surface area (Å²) in [5.41, 5.74) is 2.79. The van der Waals surface area contributed by atoms with Gasteiger partial charge in [0.1, 0.15) is 24.7 Å². The van der Waals surface area contributed by atoms with E-state index in [1.165, 1.54) is 18.9 Å². The van der Waals surface area contributed by atoms with Crippen LogP contribution in [-0.2, 0) is 23.9 Å². The summed E-state index contributed by atoms with van der Waals surface area (Å²) >= 11 is 16.7. The molecule has 3 unspecified atom stereocenters. The van der Waals surface area contributed by atoms with Crippen molar-refractivity contribution >= 4 is 58.5 Å². The van der Waals surface area contributed by atoms with E-state index in [1.807, 2.05) is 26.0 Å². The van der Waals surface area contributed by atoms with E-state index in [-0.39, 0.29) is 11.8 Å². The Morgan fingerprint density at radius 3 is 2.15 bits per heavy atom. The van der Waals surface area contributed by atoms with E-state index >= 15 is 0 Å². The molecular formula is C21H35Cl3N4O5. The van der Waals surface area contributed by atoms with Gasteiger partial charge in [-0.15, -0.1) is 0 Å². The number of alkyl halides is 3. The Morgan fingerprint density at radius 2 is 1.70 bits per heavy atom. The van der Waals surface area contributed by atoms with Crippen molar-refractivity contribution in [3.05, 3.63) is 12.2 Å². The lowest BCUT2D eigenvalue weighted by atomic mass is 10.0. The monoisotopic (exact) mass is 528 g/mol. The van der Waals surface area contributed by atoms with Gasteiger partial charge >= 0.3 is 5.97 Å². The van der Waals surface area contributed by atoms with E-state index in [0.29, 0.717) is 19.4 Å². The Bertz CT molecular complexity index is 694. The summed E-state index contributed by atoms with van der Waals surface area (Å²) in [5, 5.41) is 6.43. The van der Waals surface area contributed by atoms with Crippen LogP contribution in [0.3, 0.4) is 0 Å². The van der Waals surface area contributed by atoms with E-state index in [1.54, 1.807) is 13.8 Å². The first-order valence-electron chi connectivity index (χ1n) is 10.7. The average molecular weight is 530 g/mol. The molecule has 1 saturated heterocycles. The molecule has 0 aromatic rings.